The summed E-state index contributed by atoms with van der Waals surface area (Å²) in [4.78, 5) is 0. The summed E-state index contributed by atoms with van der Waals surface area (Å²) in [6.45, 7) is 1.17. The van der Waals surface area contributed by atoms with Crippen molar-refractivity contribution < 1.29 is 0 Å². The van der Waals surface area contributed by atoms with E-state index in [0.717, 1.165) is 0 Å². The van der Waals surface area contributed by atoms with E-state index in [2.05, 4.69) is 35.8 Å². The Balaban J connectivity index is 1.79. The molecule has 1 aliphatic rings. The van der Waals surface area contributed by atoms with Gasteiger partial charge in [-0.1, -0.05) is 37.1 Å². The zero-order valence-electron chi connectivity index (χ0n) is 12.2. The van der Waals surface area contributed by atoms with E-state index in [9.17, 15) is 0 Å². The van der Waals surface area contributed by atoms with Gasteiger partial charge in [-0.3, -0.25) is 0 Å². The molecule has 1 aromatic carbocycles. The van der Waals surface area contributed by atoms with Gasteiger partial charge in [-0.05, 0) is 61.8 Å². The van der Waals surface area contributed by atoms with Gasteiger partial charge in [-0.2, -0.15) is 11.8 Å². The van der Waals surface area contributed by atoms with Crippen molar-refractivity contribution in [3.05, 3.63) is 35.4 Å². The minimum Gasteiger partial charge on any atom is -0.310 e. The van der Waals surface area contributed by atoms with Crippen LogP contribution in [0.5, 0.6) is 0 Å². The molecule has 0 fully saturated rings. The second kappa shape index (κ2) is 8.65. The topological polar surface area (TPSA) is 12.0 Å². The Hall–Kier alpha value is -0.470. The Morgan fingerprint density at radius 3 is 2.95 bits per heavy atom. The number of hydrogen-bond acceptors (Lipinski definition) is 2. The first-order valence-electron chi connectivity index (χ1n) is 7.72. The molecular weight excluding hydrogens is 250 g/mol. The van der Waals surface area contributed by atoms with E-state index in [-0.39, 0.29) is 0 Å². The van der Waals surface area contributed by atoms with E-state index in [1.807, 2.05) is 11.8 Å². The molecule has 0 amide bonds. The maximum absolute atomic E-state index is 3.79. The van der Waals surface area contributed by atoms with Crippen LogP contribution in [0.3, 0.4) is 0 Å². The fraction of sp³-hybridized carbons (Fsp3) is 0.647. The summed E-state index contributed by atoms with van der Waals surface area (Å²) in [7, 11) is 0. The van der Waals surface area contributed by atoms with Gasteiger partial charge in [0.25, 0.3) is 0 Å². The molecule has 1 atom stereocenters. The molecule has 2 rings (SSSR count). The zero-order valence-corrected chi connectivity index (χ0v) is 13.0. The van der Waals surface area contributed by atoms with Gasteiger partial charge in [-0.25, -0.2) is 0 Å². The monoisotopic (exact) mass is 277 g/mol. The molecular formula is C17H27NS. The summed E-state index contributed by atoms with van der Waals surface area (Å²) in [6, 6.07) is 9.61. The standard InChI is InChI=1S/C17H27NS/c1-19-14-8-2-7-13-18-17-12-6-4-10-15-9-3-5-11-16(15)17/h3,5,9,11,17-18H,2,4,6-8,10,12-14H2,1H3. The molecule has 1 aliphatic carbocycles. The first kappa shape index (κ1) is 14.9. The Kier molecular flexibility index (Phi) is 6.80. The molecule has 1 unspecified atom stereocenters. The third-order valence-corrected chi connectivity index (χ3v) is 4.73. The van der Waals surface area contributed by atoms with Gasteiger partial charge in [0, 0.05) is 6.04 Å². The quantitative estimate of drug-likeness (QED) is 0.578. The van der Waals surface area contributed by atoms with Gasteiger partial charge in [0.2, 0.25) is 0 Å². The van der Waals surface area contributed by atoms with Crippen molar-refractivity contribution in [2.45, 2.75) is 51.0 Å². The highest BCUT2D eigenvalue weighted by atomic mass is 32.2. The molecule has 0 aliphatic heterocycles. The number of fused-ring (bicyclic) bond motifs is 1. The predicted molar refractivity (Wildman–Crippen MR) is 87.0 cm³/mol. The smallest absolute Gasteiger partial charge is 0.0322 e. The Labute approximate surface area is 122 Å². The van der Waals surface area contributed by atoms with Crippen molar-refractivity contribution in [2.24, 2.45) is 0 Å². The van der Waals surface area contributed by atoms with Crippen LogP contribution < -0.4 is 5.32 Å². The molecule has 0 radical (unpaired) electrons. The molecule has 1 N–H and O–H groups in total. The van der Waals surface area contributed by atoms with Crippen LogP contribution in [0.1, 0.15) is 55.7 Å². The molecule has 0 saturated carbocycles. The molecule has 2 heteroatoms. The third-order valence-electron chi connectivity index (χ3n) is 4.04. The van der Waals surface area contributed by atoms with Crippen molar-refractivity contribution in [3.8, 4) is 0 Å². The van der Waals surface area contributed by atoms with Crippen LogP contribution in [-0.4, -0.2) is 18.6 Å². The molecule has 1 nitrogen and oxygen atoms in total. The van der Waals surface area contributed by atoms with Gasteiger partial charge >= 0.3 is 0 Å². The normalized spacial score (nSPS) is 18.9. The molecule has 19 heavy (non-hydrogen) atoms. The first-order chi connectivity index (χ1) is 9.42. The number of rotatable bonds is 7. The SMILES string of the molecule is CSCCCCCNC1CCCCc2ccccc21. The van der Waals surface area contributed by atoms with Gasteiger partial charge < -0.3 is 5.32 Å². The van der Waals surface area contributed by atoms with Gasteiger partial charge in [0.1, 0.15) is 0 Å². The maximum Gasteiger partial charge on any atom is 0.0322 e. The Morgan fingerprint density at radius 1 is 1.16 bits per heavy atom. The highest BCUT2D eigenvalue weighted by Gasteiger charge is 2.17. The average molecular weight is 277 g/mol. The van der Waals surface area contributed by atoms with Crippen molar-refractivity contribution in [1.82, 2.24) is 5.32 Å². The fourth-order valence-electron chi connectivity index (χ4n) is 2.96. The molecule has 0 spiro atoms. The highest BCUT2D eigenvalue weighted by Crippen LogP contribution is 2.28. The lowest BCUT2D eigenvalue weighted by atomic mass is 9.99. The average Bonchev–Trinajstić information content (AvgIpc) is 2.65. The molecule has 106 valence electrons. The van der Waals surface area contributed by atoms with Crippen molar-refractivity contribution in [1.29, 1.82) is 0 Å². The number of aryl methyl sites for hydroxylation is 1. The van der Waals surface area contributed by atoms with Crippen molar-refractivity contribution in [2.75, 3.05) is 18.6 Å². The lowest BCUT2D eigenvalue weighted by Crippen LogP contribution is -2.22. The number of thioether (sulfide) groups is 1. The van der Waals surface area contributed by atoms with Gasteiger partial charge in [0.15, 0.2) is 0 Å². The molecule has 0 bridgehead atoms. The van der Waals surface area contributed by atoms with Gasteiger partial charge in [-0.15, -0.1) is 0 Å². The lowest BCUT2D eigenvalue weighted by molar-refractivity contribution is 0.478. The molecule has 0 aromatic heterocycles. The summed E-state index contributed by atoms with van der Waals surface area (Å²) in [6.07, 6.45) is 11.5. The van der Waals surface area contributed by atoms with Crippen LogP contribution in [0.15, 0.2) is 24.3 Å². The van der Waals surface area contributed by atoms with Crippen molar-refractivity contribution in [3.63, 3.8) is 0 Å². The first-order valence-corrected chi connectivity index (χ1v) is 9.11. The van der Waals surface area contributed by atoms with Crippen LogP contribution in [0.25, 0.3) is 0 Å². The van der Waals surface area contributed by atoms with E-state index < -0.39 is 0 Å². The number of benzene rings is 1. The fourth-order valence-corrected chi connectivity index (χ4v) is 3.45. The van der Waals surface area contributed by atoms with Crippen LogP contribution in [0, 0.1) is 0 Å². The van der Waals surface area contributed by atoms with Crippen LogP contribution in [0.4, 0.5) is 0 Å². The summed E-state index contributed by atoms with van der Waals surface area (Å²) in [5.74, 6) is 1.31. The molecule has 0 heterocycles. The predicted octanol–water partition coefficient (Wildman–Crippen LogP) is 4.58. The largest absolute Gasteiger partial charge is 0.310 e. The summed E-state index contributed by atoms with van der Waals surface area (Å²) >= 11 is 1.96. The minimum absolute atomic E-state index is 0.597. The van der Waals surface area contributed by atoms with Gasteiger partial charge in [0.05, 0.1) is 0 Å². The minimum atomic E-state index is 0.597. The Morgan fingerprint density at radius 2 is 2.05 bits per heavy atom. The van der Waals surface area contributed by atoms with E-state index in [4.69, 9.17) is 0 Å². The zero-order chi connectivity index (χ0) is 13.3. The second-order valence-corrected chi connectivity index (χ2v) is 6.49. The lowest BCUT2D eigenvalue weighted by Gasteiger charge is -2.19. The van der Waals surface area contributed by atoms with E-state index in [1.54, 1.807) is 11.1 Å². The van der Waals surface area contributed by atoms with Crippen molar-refractivity contribution >= 4 is 11.8 Å². The summed E-state index contributed by atoms with van der Waals surface area (Å²) < 4.78 is 0. The maximum atomic E-state index is 3.79. The van der Waals surface area contributed by atoms with Crippen LogP contribution in [-0.2, 0) is 6.42 Å². The number of nitrogens with one attached hydrogen (secondary N) is 1. The Bertz CT molecular complexity index is 364. The van der Waals surface area contributed by atoms with E-state index in [0.29, 0.717) is 6.04 Å². The summed E-state index contributed by atoms with van der Waals surface area (Å²) in [5.41, 5.74) is 3.13. The van der Waals surface area contributed by atoms with E-state index >= 15 is 0 Å². The number of unbranched alkanes of at least 4 members (excludes halogenated alkanes) is 2. The van der Waals surface area contributed by atoms with Crippen LogP contribution in [0.2, 0.25) is 0 Å². The number of hydrogen-bond donors (Lipinski definition) is 1. The highest BCUT2D eigenvalue weighted by molar-refractivity contribution is 7.98. The third kappa shape index (κ3) is 4.85. The summed E-state index contributed by atoms with van der Waals surface area (Å²) in [5, 5.41) is 3.79. The molecule has 1 aromatic rings. The second-order valence-electron chi connectivity index (χ2n) is 5.50. The molecule has 0 saturated heterocycles. The van der Waals surface area contributed by atoms with Crippen LogP contribution >= 0.6 is 11.8 Å². The van der Waals surface area contributed by atoms with E-state index in [1.165, 1.54) is 57.2 Å².